The van der Waals surface area contributed by atoms with Gasteiger partial charge >= 0.3 is 6.18 Å². The van der Waals surface area contributed by atoms with E-state index in [9.17, 15) is 17.6 Å². The molecular weight excluding hydrogens is 188 g/mol. The van der Waals surface area contributed by atoms with Gasteiger partial charge in [0.15, 0.2) is 6.10 Å². The summed E-state index contributed by atoms with van der Waals surface area (Å²) in [6, 6.07) is 0. The first kappa shape index (κ1) is 10.8. The molecule has 0 saturated heterocycles. The highest BCUT2D eigenvalue weighted by molar-refractivity contribution is 4.80. The van der Waals surface area contributed by atoms with Gasteiger partial charge in [-0.1, -0.05) is 0 Å². The van der Waals surface area contributed by atoms with E-state index >= 15 is 0 Å². The molecule has 13 heavy (non-hydrogen) atoms. The monoisotopic (exact) mass is 200 g/mol. The fraction of sp³-hybridized carbons (Fsp3) is 1.00. The zero-order valence-electron chi connectivity index (χ0n) is 7.02. The summed E-state index contributed by atoms with van der Waals surface area (Å²) in [6.45, 7) is 0. The van der Waals surface area contributed by atoms with Crippen molar-refractivity contribution in [2.45, 2.75) is 44.1 Å². The zero-order valence-corrected chi connectivity index (χ0v) is 7.02. The van der Waals surface area contributed by atoms with E-state index in [1.165, 1.54) is 0 Å². The van der Waals surface area contributed by atoms with E-state index in [2.05, 4.69) is 0 Å². The van der Waals surface area contributed by atoms with Crippen molar-refractivity contribution >= 4 is 0 Å². The minimum Gasteiger partial charge on any atom is -0.383 e. The Hall–Kier alpha value is -0.320. The number of rotatable bonds is 1. The van der Waals surface area contributed by atoms with E-state index in [0.717, 1.165) is 0 Å². The molecular formula is C8H12F4O. The summed E-state index contributed by atoms with van der Waals surface area (Å²) in [7, 11) is 0. The Morgan fingerprint density at radius 1 is 1.08 bits per heavy atom. The first-order valence-corrected chi connectivity index (χ1v) is 4.30. The molecule has 1 unspecified atom stereocenters. The predicted octanol–water partition coefficient (Wildman–Crippen LogP) is 2.44. The highest BCUT2D eigenvalue weighted by Crippen LogP contribution is 2.35. The number of hydrogen-bond donors (Lipinski definition) is 1. The van der Waals surface area contributed by atoms with Crippen LogP contribution in [-0.2, 0) is 0 Å². The zero-order chi connectivity index (χ0) is 10.1. The van der Waals surface area contributed by atoms with Crippen LogP contribution in [0.5, 0.6) is 0 Å². The number of hydrogen-bond acceptors (Lipinski definition) is 1. The van der Waals surface area contributed by atoms with Gasteiger partial charge in [0.05, 0.1) is 0 Å². The molecule has 1 atom stereocenters. The van der Waals surface area contributed by atoms with Crippen LogP contribution >= 0.6 is 0 Å². The number of alkyl halides is 4. The van der Waals surface area contributed by atoms with Crippen LogP contribution in [0, 0.1) is 5.92 Å². The smallest absolute Gasteiger partial charge is 0.383 e. The summed E-state index contributed by atoms with van der Waals surface area (Å²) in [5.41, 5.74) is 0. The number of aliphatic hydroxyl groups is 1. The minimum atomic E-state index is -4.56. The number of aliphatic hydroxyl groups excluding tert-OH is 1. The van der Waals surface area contributed by atoms with Gasteiger partial charge < -0.3 is 5.11 Å². The Kier molecular flexibility index (Phi) is 3.16. The van der Waals surface area contributed by atoms with Crippen molar-refractivity contribution in [2.75, 3.05) is 0 Å². The maximum Gasteiger partial charge on any atom is 0.414 e. The molecule has 1 fully saturated rings. The Labute approximate surface area is 73.7 Å². The topological polar surface area (TPSA) is 20.2 Å². The molecule has 1 nitrogen and oxygen atoms in total. The summed E-state index contributed by atoms with van der Waals surface area (Å²) in [4.78, 5) is 0. The maximum absolute atomic E-state index is 12.6. The average molecular weight is 200 g/mol. The summed E-state index contributed by atoms with van der Waals surface area (Å²) in [6.07, 6.45) is -7.30. The third-order valence-corrected chi connectivity index (χ3v) is 2.48. The van der Waals surface area contributed by atoms with Crippen LogP contribution in [0.25, 0.3) is 0 Å². The van der Waals surface area contributed by atoms with E-state index in [0.29, 0.717) is 0 Å². The molecule has 0 aliphatic heterocycles. The standard InChI is InChI=1S/C8H12F4O/c9-6-3-1-5(2-4-6)7(13)8(10,11)12/h5-7,13H,1-4H2. The van der Waals surface area contributed by atoms with Crippen molar-refractivity contribution in [1.29, 1.82) is 0 Å². The first-order valence-electron chi connectivity index (χ1n) is 4.30. The quantitative estimate of drug-likeness (QED) is 0.644. The first-order chi connectivity index (χ1) is 5.91. The van der Waals surface area contributed by atoms with E-state index in [1.54, 1.807) is 0 Å². The highest BCUT2D eigenvalue weighted by Gasteiger charge is 2.44. The normalized spacial score (nSPS) is 33.0. The summed E-state index contributed by atoms with van der Waals surface area (Å²) in [5, 5.41) is 8.85. The lowest BCUT2D eigenvalue weighted by Gasteiger charge is -2.29. The van der Waals surface area contributed by atoms with Crippen LogP contribution in [0.3, 0.4) is 0 Å². The second kappa shape index (κ2) is 3.82. The molecule has 0 aromatic rings. The molecule has 0 spiro atoms. The van der Waals surface area contributed by atoms with Gasteiger partial charge in [0.2, 0.25) is 0 Å². The molecule has 0 radical (unpaired) electrons. The third kappa shape index (κ3) is 2.83. The van der Waals surface area contributed by atoms with Crippen LogP contribution in [0.1, 0.15) is 25.7 Å². The van der Waals surface area contributed by atoms with Gasteiger partial charge in [-0.05, 0) is 31.6 Å². The molecule has 5 heteroatoms. The van der Waals surface area contributed by atoms with Crippen LogP contribution in [-0.4, -0.2) is 23.6 Å². The van der Waals surface area contributed by atoms with Gasteiger partial charge in [0.1, 0.15) is 6.17 Å². The van der Waals surface area contributed by atoms with Gasteiger partial charge in [-0.25, -0.2) is 4.39 Å². The van der Waals surface area contributed by atoms with Crippen molar-refractivity contribution in [1.82, 2.24) is 0 Å². The molecule has 1 rings (SSSR count). The van der Waals surface area contributed by atoms with Crippen LogP contribution < -0.4 is 0 Å². The van der Waals surface area contributed by atoms with E-state index in [-0.39, 0.29) is 25.7 Å². The molecule has 1 N–H and O–H groups in total. The summed E-state index contributed by atoms with van der Waals surface area (Å²) >= 11 is 0. The fourth-order valence-corrected chi connectivity index (χ4v) is 1.66. The van der Waals surface area contributed by atoms with Gasteiger partial charge in [-0.15, -0.1) is 0 Å². The van der Waals surface area contributed by atoms with E-state index in [1.807, 2.05) is 0 Å². The van der Waals surface area contributed by atoms with E-state index in [4.69, 9.17) is 5.11 Å². The molecule has 1 saturated carbocycles. The van der Waals surface area contributed by atoms with Crippen molar-refractivity contribution in [2.24, 2.45) is 5.92 Å². The molecule has 0 aromatic heterocycles. The van der Waals surface area contributed by atoms with Crippen molar-refractivity contribution in [3.63, 3.8) is 0 Å². The molecule has 78 valence electrons. The predicted molar refractivity (Wildman–Crippen MR) is 38.9 cm³/mol. The van der Waals surface area contributed by atoms with Crippen LogP contribution in [0.15, 0.2) is 0 Å². The van der Waals surface area contributed by atoms with Gasteiger partial charge in [-0.2, -0.15) is 13.2 Å². The summed E-state index contributed by atoms with van der Waals surface area (Å²) in [5.74, 6) is -0.813. The largest absolute Gasteiger partial charge is 0.414 e. The molecule has 1 aliphatic carbocycles. The second-order valence-electron chi connectivity index (χ2n) is 3.50. The molecule has 0 bridgehead atoms. The SMILES string of the molecule is OC(C1CCC(F)CC1)C(F)(F)F. The maximum atomic E-state index is 12.6. The number of halogens is 4. The molecule has 0 aromatic carbocycles. The molecule has 0 heterocycles. The molecule has 0 amide bonds. The lowest BCUT2D eigenvalue weighted by atomic mass is 9.84. The minimum absolute atomic E-state index is 0.127. The second-order valence-corrected chi connectivity index (χ2v) is 3.50. The van der Waals surface area contributed by atoms with Crippen LogP contribution in [0.2, 0.25) is 0 Å². The third-order valence-electron chi connectivity index (χ3n) is 2.48. The van der Waals surface area contributed by atoms with Crippen molar-refractivity contribution in [3.8, 4) is 0 Å². The van der Waals surface area contributed by atoms with E-state index < -0.39 is 24.4 Å². The van der Waals surface area contributed by atoms with Crippen molar-refractivity contribution < 1.29 is 22.7 Å². The van der Waals surface area contributed by atoms with Gasteiger partial charge in [0.25, 0.3) is 0 Å². The molecule has 1 aliphatic rings. The Morgan fingerprint density at radius 2 is 1.54 bits per heavy atom. The Bertz CT molecular complexity index is 160. The fourth-order valence-electron chi connectivity index (χ4n) is 1.66. The van der Waals surface area contributed by atoms with Crippen LogP contribution in [0.4, 0.5) is 17.6 Å². The van der Waals surface area contributed by atoms with Gasteiger partial charge in [-0.3, -0.25) is 0 Å². The lowest BCUT2D eigenvalue weighted by molar-refractivity contribution is -0.222. The van der Waals surface area contributed by atoms with Crippen molar-refractivity contribution in [3.05, 3.63) is 0 Å². The Morgan fingerprint density at radius 3 is 1.92 bits per heavy atom. The Balaban J connectivity index is 2.45. The average Bonchev–Trinajstić information content (AvgIpc) is 2.03. The summed E-state index contributed by atoms with van der Waals surface area (Å²) < 4.78 is 48.5. The van der Waals surface area contributed by atoms with Gasteiger partial charge in [0, 0.05) is 0 Å². The highest BCUT2D eigenvalue weighted by atomic mass is 19.4. The lowest BCUT2D eigenvalue weighted by Crippen LogP contribution is -2.38.